The lowest BCUT2D eigenvalue weighted by molar-refractivity contribution is 0.315. The van der Waals surface area contributed by atoms with Gasteiger partial charge in [-0.15, -0.1) is 11.3 Å². The molecule has 4 aromatic rings. The summed E-state index contributed by atoms with van der Waals surface area (Å²) in [5.74, 6) is 0.441. The minimum atomic E-state index is -0.472. The molecule has 2 atom stereocenters. The SMILES string of the molecule is [C-]#[N+]C1C(c2ccc(C)s2)=Nc2[nH]ncc2C1c1cccc2nonc12. The molecule has 0 amide bonds. The molecule has 1 aliphatic rings. The third-order valence-corrected chi connectivity index (χ3v) is 5.62. The third-order valence-electron chi connectivity index (χ3n) is 4.59. The Bertz CT molecular complexity index is 1190. The molecule has 7 nitrogen and oxygen atoms in total. The third kappa shape index (κ3) is 2.11. The molecule has 1 aliphatic heterocycles. The van der Waals surface area contributed by atoms with Crippen LogP contribution in [0.15, 0.2) is 46.2 Å². The van der Waals surface area contributed by atoms with Gasteiger partial charge in [0.1, 0.15) is 16.7 Å². The predicted molar refractivity (Wildman–Crippen MR) is 97.9 cm³/mol. The first kappa shape index (κ1) is 15.0. The van der Waals surface area contributed by atoms with E-state index in [4.69, 9.17) is 16.2 Å². The fourth-order valence-corrected chi connectivity index (χ4v) is 4.33. The van der Waals surface area contributed by atoms with Crippen molar-refractivity contribution in [2.75, 3.05) is 0 Å². The van der Waals surface area contributed by atoms with Crippen molar-refractivity contribution in [1.82, 2.24) is 20.5 Å². The van der Waals surface area contributed by atoms with E-state index in [1.165, 1.54) is 4.88 Å². The van der Waals surface area contributed by atoms with Gasteiger partial charge in [0.25, 0.3) is 6.04 Å². The maximum Gasteiger partial charge on any atom is 0.277 e. The Kier molecular flexibility index (Phi) is 3.23. The van der Waals surface area contributed by atoms with E-state index in [1.54, 1.807) is 17.5 Å². The van der Waals surface area contributed by atoms with Crippen molar-refractivity contribution >= 4 is 33.9 Å². The van der Waals surface area contributed by atoms with Crippen LogP contribution >= 0.6 is 11.3 Å². The van der Waals surface area contributed by atoms with E-state index >= 15 is 0 Å². The Morgan fingerprint density at radius 1 is 1.19 bits per heavy atom. The molecule has 1 N–H and O–H groups in total. The summed E-state index contributed by atoms with van der Waals surface area (Å²) in [4.78, 5) is 10.8. The molecule has 0 fully saturated rings. The van der Waals surface area contributed by atoms with E-state index in [2.05, 4.69) is 25.4 Å². The Morgan fingerprint density at radius 2 is 2.12 bits per heavy atom. The van der Waals surface area contributed by atoms with Gasteiger partial charge in [0, 0.05) is 10.4 Å². The van der Waals surface area contributed by atoms with Gasteiger partial charge < -0.3 is 4.85 Å². The summed E-state index contributed by atoms with van der Waals surface area (Å²) in [7, 11) is 0. The Hall–Kier alpha value is -3.31. The molecule has 1 aromatic carbocycles. The maximum atomic E-state index is 7.89. The number of benzene rings is 1. The first-order valence-electron chi connectivity index (χ1n) is 8.02. The number of nitrogens with zero attached hydrogens (tertiary/aromatic N) is 5. The van der Waals surface area contributed by atoms with Gasteiger partial charge in [0.2, 0.25) is 0 Å². The molecule has 26 heavy (non-hydrogen) atoms. The standard InChI is InChI=1S/C18H12N6OS/c1-9-6-7-13(26-9)16-17(19-2)14(11-8-20-22-18(11)21-16)10-4-3-5-12-15(10)24-25-23-12/h3-8,14,17H,1H3,(H,20,22). The van der Waals surface area contributed by atoms with Crippen LogP contribution < -0.4 is 0 Å². The number of fused-ring (bicyclic) bond motifs is 2. The van der Waals surface area contributed by atoms with Crippen molar-refractivity contribution in [2.24, 2.45) is 4.99 Å². The summed E-state index contributed by atoms with van der Waals surface area (Å²) in [5, 5.41) is 15.1. The molecule has 0 bridgehead atoms. The van der Waals surface area contributed by atoms with Crippen LogP contribution in [0.2, 0.25) is 0 Å². The molecule has 0 saturated heterocycles. The second-order valence-electron chi connectivity index (χ2n) is 6.11. The van der Waals surface area contributed by atoms with Gasteiger partial charge in [-0.1, -0.05) is 12.1 Å². The number of rotatable bonds is 2. The fourth-order valence-electron chi connectivity index (χ4n) is 3.44. The summed E-state index contributed by atoms with van der Waals surface area (Å²) in [6.07, 6.45) is 1.74. The second kappa shape index (κ2) is 5.61. The van der Waals surface area contributed by atoms with Crippen molar-refractivity contribution in [3.63, 3.8) is 0 Å². The smallest absolute Gasteiger partial charge is 0.277 e. The van der Waals surface area contributed by atoms with Crippen molar-refractivity contribution in [1.29, 1.82) is 0 Å². The molecule has 0 saturated carbocycles. The molecule has 0 aliphatic carbocycles. The molecule has 8 heteroatoms. The van der Waals surface area contributed by atoms with Crippen LogP contribution in [0, 0.1) is 13.5 Å². The molecule has 5 rings (SSSR count). The largest absolute Gasteiger partial charge is 0.306 e. The molecule has 126 valence electrons. The average molecular weight is 360 g/mol. The first-order chi connectivity index (χ1) is 12.8. The summed E-state index contributed by atoms with van der Waals surface area (Å²) < 4.78 is 4.92. The lowest BCUT2D eigenvalue weighted by Gasteiger charge is -2.23. The van der Waals surface area contributed by atoms with Gasteiger partial charge in [0.15, 0.2) is 5.82 Å². The van der Waals surface area contributed by atoms with E-state index in [1.807, 2.05) is 37.3 Å². The quantitative estimate of drug-likeness (QED) is 0.550. The normalized spacial score (nSPS) is 19.2. The van der Waals surface area contributed by atoms with Gasteiger partial charge in [0.05, 0.1) is 17.0 Å². The van der Waals surface area contributed by atoms with Gasteiger partial charge in [-0.05, 0) is 41.0 Å². The molecule has 4 heterocycles. The Balaban J connectivity index is 1.76. The van der Waals surface area contributed by atoms with Crippen molar-refractivity contribution in [3.05, 3.63) is 68.8 Å². The summed E-state index contributed by atoms with van der Waals surface area (Å²) in [6.45, 7) is 9.93. The van der Waals surface area contributed by atoms with Gasteiger partial charge in [-0.25, -0.2) is 16.2 Å². The average Bonchev–Trinajstić information content (AvgIpc) is 3.39. The van der Waals surface area contributed by atoms with Crippen LogP contribution in [-0.2, 0) is 0 Å². The van der Waals surface area contributed by atoms with Crippen LogP contribution in [-0.4, -0.2) is 32.3 Å². The van der Waals surface area contributed by atoms with Crippen LogP contribution in [0.1, 0.15) is 26.8 Å². The highest BCUT2D eigenvalue weighted by Gasteiger charge is 2.42. The van der Waals surface area contributed by atoms with Crippen LogP contribution in [0.5, 0.6) is 0 Å². The van der Waals surface area contributed by atoms with Gasteiger partial charge >= 0.3 is 0 Å². The predicted octanol–water partition coefficient (Wildman–Crippen LogP) is 3.87. The van der Waals surface area contributed by atoms with E-state index in [-0.39, 0.29) is 5.92 Å². The zero-order valence-corrected chi connectivity index (χ0v) is 14.5. The van der Waals surface area contributed by atoms with Crippen LogP contribution in [0.3, 0.4) is 0 Å². The zero-order valence-electron chi connectivity index (χ0n) is 13.7. The number of hydrogen-bond donors (Lipinski definition) is 1. The lowest BCUT2D eigenvalue weighted by atomic mass is 9.81. The van der Waals surface area contributed by atoms with Crippen molar-refractivity contribution in [3.8, 4) is 0 Å². The van der Waals surface area contributed by atoms with Crippen LogP contribution in [0.4, 0.5) is 5.82 Å². The highest BCUT2D eigenvalue weighted by atomic mass is 32.1. The number of hydrogen-bond acceptors (Lipinski definition) is 6. The number of aromatic nitrogens is 4. The fraction of sp³-hybridized carbons (Fsp3) is 0.167. The summed E-state index contributed by atoms with van der Waals surface area (Å²) in [6, 6.07) is 9.31. The number of nitrogens with one attached hydrogen (secondary N) is 1. The van der Waals surface area contributed by atoms with Crippen molar-refractivity contribution < 1.29 is 4.63 Å². The molecule has 0 spiro atoms. The van der Waals surface area contributed by atoms with E-state index in [0.29, 0.717) is 16.9 Å². The number of thiophene rings is 1. The summed E-state index contributed by atoms with van der Waals surface area (Å²) in [5.41, 5.74) is 3.88. The summed E-state index contributed by atoms with van der Waals surface area (Å²) >= 11 is 1.64. The monoisotopic (exact) mass is 360 g/mol. The maximum absolute atomic E-state index is 7.89. The number of aryl methyl sites for hydroxylation is 1. The minimum absolute atomic E-state index is 0.244. The highest BCUT2D eigenvalue weighted by molar-refractivity contribution is 7.14. The molecular weight excluding hydrogens is 348 g/mol. The Morgan fingerprint density at radius 3 is 2.92 bits per heavy atom. The number of H-pyrrole nitrogens is 1. The molecule has 0 radical (unpaired) electrons. The number of aliphatic imine (C=N–C) groups is 1. The Labute approximate surface area is 152 Å². The van der Waals surface area contributed by atoms with E-state index < -0.39 is 6.04 Å². The van der Waals surface area contributed by atoms with Crippen LogP contribution in [0.25, 0.3) is 15.9 Å². The lowest BCUT2D eigenvalue weighted by Crippen LogP contribution is -2.29. The van der Waals surface area contributed by atoms with Gasteiger partial charge in [-0.3, -0.25) is 5.10 Å². The topological polar surface area (TPSA) is 84.3 Å². The van der Waals surface area contributed by atoms with E-state index in [0.717, 1.165) is 21.7 Å². The highest BCUT2D eigenvalue weighted by Crippen LogP contribution is 2.42. The molecular formula is C18H12N6OS. The van der Waals surface area contributed by atoms with E-state index in [9.17, 15) is 0 Å². The molecule has 2 unspecified atom stereocenters. The van der Waals surface area contributed by atoms with Gasteiger partial charge in [-0.2, -0.15) is 5.10 Å². The first-order valence-corrected chi connectivity index (χ1v) is 8.84. The molecule has 3 aromatic heterocycles. The second-order valence-corrected chi connectivity index (χ2v) is 7.40. The number of aromatic amines is 1. The van der Waals surface area contributed by atoms with Crippen molar-refractivity contribution in [2.45, 2.75) is 18.9 Å². The zero-order chi connectivity index (χ0) is 17.7. The minimum Gasteiger partial charge on any atom is -0.306 e.